The standard InChI is InChI=1S/C19H29N3O3S/c1-17-6-5-11-22(16-17)26(24,25)21-14-12-20(13-15-21)19(23)10-9-18-7-3-2-4-8-18/h2-4,7-8,17H,5-6,9-16H2,1H3/t17-/m0/s1. The van der Waals surface area contributed by atoms with Crippen LogP contribution >= 0.6 is 0 Å². The highest BCUT2D eigenvalue weighted by Crippen LogP contribution is 2.21. The zero-order valence-corrected chi connectivity index (χ0v) is 16.3. The van der Waals surface area contributed by atoms with Crippen molar-refractivity contribution in [2.45, 2.75) is 32.6 Å². The smallest absolute Gasteiger partial charge is 0.282 e. The van der Waals surface area contributed by atoms with E-state index in [1.54, 1.807) is 13.5 Å². The van der Waals surface area contributed by atoms with Crippen LogP contribution in [0.5, 0.6) is 0 Å². The van der Waals surface area contributed by atoms with Gasteiger partial charge in [0.15, 0.2) is 0 Å². The number of nitrogens with zero attached hydrogens (tertiary/aromatic N) is 3. The Hall–Kier alpha value is -1.44. The Morgan fingerprint density at radius 1 is 1.04 bits per heavy atom. The lowest BCUT2D eigenvalue weighted by Crippen LogP contribution is -2.55. The number of piperidine rings is 1. The predicted octanol–water partition coefficient (Wildman–Crippen LogP) is 1.74. The number of carbonyl (C=O) groups excluding carboxylic acids is 1. The van der Waals surface area contributed by atoms with E-state index in [1.807, 2.05) is 30.3 Å². The van der Waals surface area contributed by atoms with Gasteiger partial charge >= 0.3 is 0 Å². The fourth-order valence-corrected chi connectivity index (χ4v) is 5.50. The van der Waals surface area contributed by atoms with Gasteiger partial charge in [-0.05, 0) is 30.7 Å². The third-order valence-corrected chi connectivity index (χ3v) is 7.34. The van der Waals surface area contributed by atoms with Crippen LogP contribution in [-0.2, 0) is 21.4 Å². The van der Waals surface area contributed by atoms with Crippen LogP contribution in [0.4, 0.5) is 0 Å². The fraction of sp³-hybridized carbons (Fsp3) is 0.632. The van der Waals surface area contributed by atoms with Crippen LogP contribution in [0.15, 0.2) is 30.3 Å². The highest BCUT2D eigenvalue weighted by molar-refractivity contribution is 7.86. The maximum atomic E-state index is 12.8. The van der Waals surface area contributed by atoms with Gasteiger partial charge in [-0.2, -0.15) is 17.0 Å². The summed E-state index contributed by atoms with van der Waals surface area (Å²) in [5.74, 6) is 0.525. The van der Waals surface area contributed by atoms with E-state index < -0.39 is 10.2 Å². The van der Waals surface area contributed by atoms with Gasteiger partial charge in [-0.3, -0.25) is 4.79 Å². The second-order valence-electron chi connectivity index (χ2n) is 7.38. The van der Waals surface area contributed by atoms with Gasteiger partial charge in [-0.1, -0.05) is 37.3 Å². The van der Waals surface area contributed by atoms with E-state index in [1.165, 1.54) is 0 Å². The molecule has 0 N–H and O–H groups in total. The van der Waals surface area contributed by atoms with E-state index >= 15 is 0 Å². The number of carbonyl (C=O) groups is 1. The van der Waals surface area contributed by atoms with Crippen LogP contribution in [0.25, 0.3) is 0 Å². The summed E-state index contributed by atoms with van der Waals surface area (Å²) in [6.07, 6.45) is 3.22. The van der Waals surface area contributed by atoms with Gasteiger partial charge in [-0.25, -0.2) is 0 Å². The lowest BCUT2D eigenvalue weighted by molar-refractivity contribution is -0.132. The normalized spacial score (nSPS) is 23.1. The van der Waals surface area contributed by atoms with Crippen LogP contribution in [0, 0.1) is 5.92 Å². The van der Waals surface area contributed by atoms with E-state index in [4.69, 9.17) is 0 Å². The number of hydrogen-bond acceptors (Lipinski definition) is 3. The first-order valence-corrected chi connectivity index (χ1v) is 10.9. The summed E-state index contributed by atoms with van der Waals surface area (Å²) in [5, 5.41) is 0. The second kappa shape index (κ2) is 8.50. The number of hydrogen-bond donors (Lipinski definition) is 0. The minimum absolute atomic E-state index is 0.109. The zero-order valence-electron chi connectivity index (χ0n) is 15.5. The molecule has 2 aliphatic rings. The molecule has 0 radical (unpaired) electrons. The van der Waals surface area contributed by atoms with Gasteiger partial charge in [0, 0.05) is 45.7 Å². The first kappa shape index (κ1) is 19.3. The third kappa shape index (κ3) is 4.64. The molecule has 2 aliphatic heterocycles. The van der Waals surface area contributed by atoms with E-state index in [9.17, 15) is 13.2 Å². The average molecular weight is 380 g/mol. The van der Waals surface area contributed by atoms with Crippen molar-refractivity contribution in [2.24, 2.45) is 5.92 Å². The first-order chi connectivity index (χ1) is 12.5. The molecule has 0 aromatic heterocycles. The van der Waals surface area contributed by atoms with Crippen LogP contribution in [-0.4, -0.2) is 67.1 Å². The van der Waals surface area contributed by atoms with Crippen LogP contribution in [0.3, 0.4) is 0 Å². The van der Waals surface area contributed by atoms with Gasteiger partial charge in [0.25, 0.3) is 10.2 Å². The molecule has 0 bridgehead atoms. The first-order valence-electron chi connectivity index (χ1n) is 9.54. The monoisotopic (exact) mass is 379 g/mol. The van der Waals surface area contributed by atoms with Crippen LogP contribution in [0.2, 0.25) is 0 Å². The predicted molar refractivity (Wildman–Crippen MR) is 102 cm³/mol. The van der Waals surface area contributed by atoms with E-state index in [2.05, 4.69) is 6.92 Å². The summed E-state index contributed by atoms with van der Waals surface area (Å²) in [7, 11) is -3.39. The largest absolute Gasteiger partial charge is 0.340 e. The van der Waals surface area contributed by atoms with E-state index in [-0.39, 0.29) is 5.91 Å². The Labute approximate surface area is 157 Å². The molecule has 1 aromatic rings. The van der Waals surface area contributed by atoms with Gasteiger partial charge < -0.3 is 4.90 Å². The Morgan fingerprint density at radius 2 is 1.73 bits per heavy atom. The molecule has 2 heterocycles. The van der Waals surface area contributed by atoms with Crippen molar-refractivity contribution in [2.75, 3.05) is 39.3 Å². The molecule has 1 amide bonds. The highest BCUT2D eigenvalue weighted by Gasteiger charge is 2.35. The number of piperazine rings is 1. The SMILES string of the molecule is C[C@H]1CCCN(S(=O)(=O)N2CCN(C(=O)CCc3ccccc3)CC2)C1. The highest BCUT2D eigenvalue weighted by atomic mass is 32.2. The summed E-state index contributed by atoms with van der Waals surface area (Å²) in [6.45, 7) is 5.08. The zero-order chi connectivity index (χ0) is 18.6. The van der Waals surface area contributed by atoms with Gasteiger partial charge in [0.2, 0.25) is 5.91 Å². The molecule has 0 unspecified atom stereocenters. The lowest BCUT2D eigenvalue weighted by atomic mass is 10.0. The number of rotatable bonds is 5. The summed E-state index contributed by atoms with van der Waals surface area (Å²) < 4.78 is 28.8. The molecule has 2 fully saturated rings. The molecule has 1 atom stereocenters. The molecule has 0 saturated carbocycles. The Bertz CT molecular complexity index is 700. The maximum absolute atomic E-state index is 12.8. The van der Waals surface area contributed by atoms with Crippen molar-refractivity contribution >= 4 is 16.1 Å². The van der Waals surface area contributed by atoms with E-state index in [0.29, 0.717) is 51.6 Å². The number of aryl methyl sites for hydroxylation is 1. The van der Waals surface area contributed by atoms with Crippen molar-refractivity contribution in [3.63, 3.8) is 0 Å². The Morgan fingerprint density at radius 3 is 2.38 bits per heavy atom. The number of benzene rings is 1. The summed E-state index contributed by atoms with van der Waals surface area (Å²) in [6, 6.07) is 9.97. The molecule has 26 heavy (non-hydrogen) atoms. The molecule has 2 saturated heterocycles. The number of amides is 1. The molecule has 7 heteroatoms. The molecule has 1 aromatic carbocycles. The van der Waals surface area contributed by atoms with Crippen LogP contribution in [0.1, 0.15) is 31.7 Å². The van der Waals surface area contributed by atoms with Crippen molar-refractivity contribution < 1.29 is 13.2 Å². The Balaban J connectivity index is 1.49. The molecule has 144 valence electrons. The van der Waals surface area contributed by atoms with Crippen molar-refractivity contribution in [3.05, 3.63) is 35.9 Å². The lowest BCUT2D eigenvalue weighted by Gasteiger charge is -2.38. The molecule has 6 nitrogen and oxygen atoms in total. The summed E-state index contributed by atoms with van der Waals surface area (Å²) in [5.41, 5.74) is 1.15. The Kier molecular flexibility index (Phi) is 6.32. The molecular weight excluding hydrogens is 350 g/mol. The average Bonchev–Trinajstić information content (AvgIpc) is 2.67. The summed E-state index contributed by atoms with van der Waals surface area (Å²) in [4.78, 5) is 14.2. The fourth-order valence-electron chi connectivity index (χ4n) is 3.74. The van der Waals surface area contributed by atoms with Crippen molar-refractivity contribution in [1.82, 2.24) is 13.5 Å². The van der Waals surface area contributed by atoms with Crippen LogP contribution < -0.4 is 0 Å². The van der Waals surface area contributed by atoms with Crippen molar-refractivity contribution in [1.29, 1.82) is 0 Å². The minimum atomic E-state index is -3.39. The topological polar surface area (TPSA) is 60.9 Å². The van der Waals surface area contributed by atoms with Gasteiger partial charge in [0.05, 0.1) is 0 Å². The maximum Gasteiger partial charge on any atom is 0.282 e. The molecule has 3 rings (SSSR count). The van der Waals surface area contributed by atoms with Gasteiger partial charge in [-0.15, -0.1) is 0 Å². The van der Waals surface area contributed by atoms with Crippen molar-refractivity contribution in [3.8, 4) is 0 Å². The quantitative estimate of drug-likeness (QED) is 0.783. The third-order valence-electron chi connectivity index (χ3n) is 5.33. The molecule has 0 aliphatic carbocycles. The summed E-state index contributed by atoms with van der Waals surface area (Å²) >= 11 is 0. The van der Waals surface area contributed by atoms with Gasteiger partial charge in [0.1, 0.15) is 0 Å². The molecular formula is C19H29N3O3S. The van der Waals surface area contributed by atoms with E-state index in [0.717, 1.165) is 24.8 Å². The minimum Gasteiger partial charge on any atom is -0.340 e. The molecule has 0 spiro atoms. The second-order valence-corrected chi connectivity index (χ2v) is 9.31.